The van der Waals surface area contributed by atoms with E-state index in [4.69, 9.17) is 10.5 Å². The van der Waals surface area contributed by atoms with Gasteiger partial charge in [0.15, 0.2) is 0 Å². The molecule has 1 saturated heterocycles. The van der Waals surface area contributed by atoms with Gasteiger partial charge in [0.1, 0.15) is 12.0 Å². The van der Waals surface area contributed by atoms with Crippen molar-refractivity contribution in [1.29, 1.82) is 0 Å². The van der Waals surface area contributed by atoms with Crippen molar-refractivity contribution in [1.82, 2.24) is 9.55 Å². The number of anilines is 1. The lowest BCUT2D eigenvalue weighted by atomic mass is 9.93. The number of nitrogens with two attached hydrogens (primary N) is 1. The van der Waals surface area contributed by atoms with Crippen LogP contribution in [0.1, 0.15) is 32.6 Å². The van der Waals surface area contributed by atoms with E-state index in [1.165, 1.54) is 0 Å². The van der Waals surface area contributed by atoms with Crippen molar-refractivity contribution < 1.29 is 4.74 Å². The van der Waals surface area contributed by atoms with Gasteiger partial charge < -0.3 is 10.5 Å². The average Bonchev–Trinajstić information content (AvgIpc) is 2.51. The molecular formula is C12H19N3O2. The maximum Gasteiger partial charge on any atom is 0.351 e. The van der Waals surface area contributed by atoms with Crippen molar-refractivity contribution in [3.8, 4) is 0 Å². The Kier molecular flexibility index (Phi) is 2.95. The topological polar surface area (TPSA) is 70.1 Å². The Hall–Kier alpha value is -1.36. The molecule has 4 atom stereocenters. The van der Waals surface area contributed by atoms with E-state index in [0.29, 0.717) is 5.92 Å². The van der Waals surface area contributed by atoms with Gasteiger partial charge in [-0.05, 0) is 19.8 Å². The molecule has 1 aromatic heterocycles. The molecule has 5 heteroatoms. The van der Waals surface area contributed by atoms with E-state index in [2.05, 4.69) is 18.8 Å². The molecular weight excluding hydrogens is 218 g/mol. The Morgan fingerprint density at radius 1 is 1.35 bits per heavy atom. The Balaban J connectivity index is 2.42. The summed E-state index contributed by atoms with van der Waals surface area (Å²) in [6.45, 7) is 8.10. The number of ether oxygens (including phenoxy) is 1. The molecule has 94 valence electrons. The minimum absolute atomic E-state index is 0.153. The molecule has 5 nitrogen and oxygen atoms in total. The molecule has 0 aromatic carbocycles. The summed E-state index contributed by atoms with van der Waals surface area (Å²) in [6.07, 6.45) is 1.65. The molecule has 17 heavy (non-hydrogen) atoms. The Morgan fingerprint density at radius 3 is 2.53 bits per heavy atom. The van der Waals surface area contributed by atoms with Crippen molar-refractivity contribution in [3.63, 3.8) is 0 Å². The number of hydrogen-bond donors (Lipinski definition) is 1. The van der Waals surface area contributed by atoms with E-state index >= 15 is 0 Å². The van der Waals surface area contributed by atoms with Gasteiger partial charge in [0.05, 0.1) is 6.10 Å². The van der Waals surface area contributed by atoms with Crippen LogP contribution >= 0.6 is 0 Å². The summed E-state index contributed by atoms with van der Waals surface area (Å²) in [6, 6.07) is 0. The van der Waals surface area contributed by atoms with Crippen LogP contribution < -0.4 is 11.4 Å². The minimum Gasteiger partial charge on any atom is -0.383 e. The number of nitrogens with zero attached hydrogens (tertiary/aromatic N) is 2. The molecule has 0 amide bonds. The Labute approximate surface area is 101 Å². The predicted octanol–water partition coefficient (Wildman–Crippen LogP) is 1.32. The van der Waals surface area contributed by atoms with E-state index < -0.39 is 0 Å². The second-order valence-corrected chi connectivity index (χ2v) is 4.95. The first-order valence-corrected chi connectivity index (χ1v) is 5.92. The normalized spacial score (nSPS) is 32.9. The van der Waals surface area contributed by atoms with Gasteiger partial charge in [-0.2, -0.15) is 4.98 Å². The fourth-order valence-corrected chi connectivity index (χ4v) is 2.24. The average molecular weight is 237 g/mol. The number of rotatable bonds is 1. The summed E-state index contributed by atoms with van der Waals surface area (Å²) in [5, 5.41) is 0. The predicted molar refractivity (Wildman–Crippen MR) is 65.6 cm³/mol. The minimum atomic E-state index is -0.341. The number of aryl methyl sites for hydroxylation is 1. The SMILES string of the molecule is Cc1cn(C2OC(C)C(C)C2C)c(=O)nc1N. The van der Waals surface area contributed by atoms with Crippen molar-refractivity contribution >= 4 is 5.82 Å². The Morgan fingerprint density at radius 2 is 2.00 bits per heavy atom. The summed E-state index contributed by atoms with van der Waals surface area (Å²) in [7, 11) is 0. The highest BCUT2D eigenvalue weighted by Crippen LogP contribution is 2.37. The highest BCUT2D eigenvalue weighted by molar-refractivity contribution is 5.35. The van der Waals surface area contributed by atoms with Gasteiger partial charge >= 0.3 is 5.69 Å². The number of aromatic nitrogens is 2. The molecule has 1 aromatic rings. The lowest BCUT2D eigenvalue weighted by molar-refractivity contribution is -0.00757. The maximum atomic E-state index is 11.8. The van der Waals surface area contributed by atoms with Crippen molar-refractivity contribution in [2.45, 2.75) is 40.0 Å². The molecule has 1 aliphatic heterocycles. The van der Waals surface area contributed by atoms with Crippen molar-refractivity contribution in [2.24, 2.45) is 11.8 Å². The zero-order valence-corrected chi connectivity index (χ0v) is 10.7. The molecule has 4 unspecified atom stereocenters. The fourth-order valence-electron chi connectivity index (χ4n) is 2.24. The summed E-state index contributed by atoms with van der Waals surface area (Å²) in [5.74, 6) is 0.996. The second-order valence-electron chi connectivity index (χ2n) is 4.95. The highest BCUT2D eigenvalue weighted by atomic mass is 16.5. The summed E-state index contributed by atoms with van der Waals surface area (Å²) < 4.78 is 7.38. The van der Waals surface area contributed by atoms with Crippen LogP contribution in [-0.4, -0.2) is 15.7 Å². The molecule has 0 spiro atoms. The molecule has 0 bridgehead atoms. The maximum absolute atomic E-state index is 11.8. The van der Waals surface area contributed by atoms with Gasteiger partial charge in [-0.15, -0.1) is 0 Å². The Bertz CT molecular complexity index is 483. The molecule has 1 aliphatic rings. The number of hydrogen-bond acceptors (Lipinski definition) is 4. The van der Waals surface area contributed by atoms with Gasteiger partial charge in [-0.25, -0.2) is 4.79 Å². The van der Waals surface area contributed by atoms with E-state index in [-0.39, 0.29) is 29.8 Å². The van der Waals surface area contributed by atoms with Crippen LogP contribution in [-0.2, 0) is 4.74 Å². The summed E-state index contributed by atoms with van der Waals surface area (Å²) in [4.78, 5) is 15.6. The quantitative estimate of drug-likeness (QED) is 0.799. The van der Waals surface area contributed by atoms with Gasteiger partial charge in [0.2, 0.25) is 0 Å². The smallest absolute Gasteiger partial charge is 0.351 e. The summed E-state index contributed by atoms with van der Waals surface area (Å²) >= 11 is 0. The molecule has 1 fully saturated rings. The van der Waals surface area contributed by atoms with Gasteiger partial charge in [0, 0.05) is 17.7 Å². The first-order chi connectivity index (χ1) is 7.91. The lowest BCUT2D eigenvalue weighted by Crippen LogP contribution is -2.30. The van der Waals surface area contributed by atoms with Crippen LogP contribution in [0.3, 0.4) is 0 Å². The van der Waals surface area contributed by atoms with Crippen LogP contribution in [0.5, 0.6) is 0 Å². The standard InChI is InChI=1S/C12H19N3O2/c1-6-5-15(12(16)14-10(6)13)11-8(3)7(2)9(4)17-11/h5,7-9,11H,1-4H3,(H2,13,14,16). The van der Waals surface area contributed by atoms with Crippen LogP contribution in [0.4, 0.5) is 5.82 Å². The third-order valence-corrected chi connectivity index (χ3v) is 3.82. The largest absolute Gasteiger partial charge is 0.383 e. The van der Waals surface area contributed by atoms with E-state index in [9.17, 15) is 4.79 Å². The first-order valence-electron chi connectivity index (χ1n) is 5.92. The first kappa shape index (κ1) is 12.1. The zero-order chi connectivity index (χ0) is 12.7. The van der Waals surface area contributed by atoms with E-state index in [1.54, 1.807) is 10.8 Å². The van der Waals surface area contributed by atoms with E-state index in [1.807, 2.05) is 13.8 Å². The molecule has 0 saturated carbocycles. The molecule has 0 aliphatic carbocycles. The van der Waals surface area contributed by atoms with Gasteiger partial charge in [-0.1, -0.05) is 13.8 Å². The molecule has 0 radical (unpaired) electrons. The second kappa shape index (κ2) is 4.14. The van der Waals surface area contributed by atoms with Crippen molar-refractivity contribution in [3.05, 3.63) is 22.2 Å². The zero-order valence-electron chi connectivity index (χ0n) is 10.7. The third-order valence-electron chi connectivity index (χ3n) is 3.82. The van der Waals surface area contributed by atoms with Crippen LogP contribution in [0.2, 0.25) is 0 Å². The monoisotopic (exact) mass is 237 g/mol. The van der Waals surface area contributed by atoms with Crippen molar-refractivity contribution in [2.75, 3.05) is 5.73 Å². The lowest BCUT2D eigenvalue weighted by Gasteiger charge is -2.19. The summed E-state index contributed by atoms with van der Waals surface area (Å²) in [5.41, 5.74) is 6.07. The molecule has 2 N–H and O–H groups in total. The van der Waals surface area contributed by atoms with Gasteiger partial charge in [-0.3, -0.25) is 4.57 Å². The highest BCUT2D eigenvalue weighted by Gasteiger charge is 2.38. The van der Waals surface area contributed by atoms with Crippen LogP contribution in [0, 0.1) is 18.8 Å². The molecule has 2 rings (SSSR count). The number of nitrogen functional groups attached to an aromatic ring is 1. The van der Waals surface area contributed by atoms with Crippen LogP contribution in [0.15, 0.2) is 11.0 Å². The third kappa shape index (κ3) is 1.95. The van der Waals surface area contributed by atoms with Crippen LogP contribution in [0.25, 0.3) is 0 Å². The fraction of sp³-hybridized carbons (Fsp3) is 0.667. The molecule has 2 heterocycles. The van der Waals surface area contributed by atoms with Gasteiger partial charge in [0.25, 0.3) is 0 Å². The van der Waals surface area contributed by atoms with E-state index in [0.717, 1.165) is 5.56 Å².